The molecule has 0 bridgehead atoms. The van der Waals surface area contributed by atoms with Crippen LogP contribution in [0, 0.1) is 0 Å². The fourth-order valence-corrected chi connectivity index (χ4v) is 2.14. The lowest BCUT2D eigenvalue weighted by atomic mass is 9.97. The fourth-order valence-electron chi connectivity index (χ4n) is 2.14. The first-order valence-electron chi connectivity index (χ1n) is 5.51. The lowest BCUT2D eigenvalue weighted by molar-refractivity contribution is 0.520. The molecule has 1 aliphatic heterocycles. The van der Waals surface area contributed by atoms with Crippen molar-refractivity contribution in [1.82, 2.24) is 20.3 Å². The molecule has 78 valence electrons. The van der Waals surface area contributed by atoms with Gasteiger partial charge < -0.3 is 5.32 Å². The molecule has 1 saturated heterocycles. The minimum Gasteiger partial charge on any atom is -0.317 e. The molecule has 1 aliphatic rings. The second kappa shape index (κ2) is 4.55. The minimum absolute atomic E-state index is 0.653. The van der Waals surface area contributed by atoms with E-state index in [9.17, 15) is 0 Å². The Morgan fingerprint density at radius 1 is 1.50 bits per heavy atom. The molecule has 0 aromatic carbocycles. The van der Waals surface area contributed by atoms with Crippen LogP contribution in [-0.4, -0.2) is 28.1 Å². The Morgan fingerprint density at radius 2 is 2.43 bits per heavy atom. The van der Waals surface area contributed by atoms with Gasteiger partial charge in [-0.2, -0.15) is 0 Å². The first-order valence-corrected chi connectivity index (χ1v) is 5.51. The second-order valence-corrected chi connectivity index (χ2v) is 3.85. The molecule has 4 heteroatoms. The number of nitrogens with one attached hydrogen (secondary N) is 1. The van der Waals surface area contributed by atoms with Crippen LogP contribution in [0.3, 0.4) is 0 Å². The Morgan fingerprint density at radius 3 is 3.29 bits per heavy atom. The van der Waals surface area contributed by atoms with E-state index in [1.54, 1.807) is 0 Å². The SMILES string of the molecule is CCn1nncc1C1CCCNCC1. The fraction of sp³-hybridized carbons (Fsp3) is 0.800. The van der Waals surface area contributed by atoms with E-state index in [1.807, 2.05) is 10.9 Å². The summed E-state index contributed by atoms with van der Waals surface area (Å²) in [6.45, 7) is 5.33. The largest absolute Gasteiger partial charge is 0.317 e. The minimum atomic E-state index is 0.653. The molecule has 1 aromatic heterocycles. The highest BCUT2D eigenvalue weighted by Gasteiger charge is 2.17. The van der Waals surface area contributed by atoms with E-state index < -0.39 is 0 Å². The van der Waals surface area contributed by atoms with Crippen molar-refractivity contribution in [2.75, 3.05) is 13.1 Å². The normalized spacial score (nSPS) is 23.4. The zero-order valence-electron chi connectivity index (χ0n) is 8.74. The smallest absolute Gasteiger partial charge is 0.0728 e. The van der Waals surface area contributed by atoms with Crippen LogP contribution in [0.2, 0.25) is 0 Å². The summed E-state index contributed by atoms with van der Waals surface area (Å²) in [6.07, 6.45) is 5.67. The lowest BCUT2D eigenvalue weighted by Gasteiger charge is -2.13. The number of rotatable bonds is 2. The third-order valence-corrected chi connectivity index (χ3v) is 2.94. The number of nitrogens with zero attached hydrogens (tertiary/aromatic N) is 3. The van der Waals surface area contributed by atoms with Gasteiger partial charge in [-0.1, -0.05) is 5.21 Å². The molecule has 0 spiro atoms. The lowest BCUT2D eigenvalue weighted by Crippen LogP contribution is -2.14. The maximum Gasteiger partial charge on any atom is 0.0728 e. The molecular formula is C10H18N4. The molecule has 2 rings (SSSR count). The van der Waals surface area contributed by atoms with Crippen LogP contribution >= 0.6 is 0 Å². The topological polar surface area (TPSA) is 42.7 Å². The van der Waals surface area contributed by atoms with Gasteiger partial charge >= 0.3 is 0 Å². The third kappa shape index (κ3) is 1.95. The van der Waals surface area contributed by atoms with E-state index >= 15 is 0 Å². The van der Waals surface area contributed by atoms with Crippen molar-refractivity contribution in [2.45, 2.75) is 38.6 Å². The van der Waals surface area contributed by atoms with Crippen molar-refractivity contribution in [3.05, 3.63) is 11.9 Å². The average molecular weight is 194 g/mol. The second-order valence-electron chi connectivity index (χ2n) is 3.85. The standard InChI is InChI=1S/C10H18N4/c1-2-14-10(8-12-13-14)9-4-3-6-11-7-5-9/h8-9,11H,2-7H2,1H3. The number of aryl methyl sites for hydroxylation is 1. The summed E-state index contributed by atoms with van der Waals surface area (Å²) in [5.74, 6) is 0.653. The Bertz CT molecular complexity index is 273. The molecule has 4 nitrogen and oxygen atoms in total. The van der Waals surface area contributed by atoms with E-state index in [2.05, 4.69) is 22.6 Å². The van der Waals surface area contributed by atoms with Crippen LogP contribution in [-0.2, 0) is 6.54 Å². The number of hydrogen-bond acceptors (Lipinski definition) is 3. The van der Waals surface area contributed by atoms with Crippen molar-refractivity contribution in [1.29, 1.82) is 0 Å². The quantitative estimate of drug-likeness (QED) is 0.768. The zero-order valence-corrected chi connectivity index (χ0v) is 8.74. The molecule has 1 fully saturated rings. The predicted octanol–water partition coefficient (Wildman–Crippen LogP) is 1.16. The maximum atomic E-state index is 4.09. The third-order valence-electron chi connectivity index (χ3n) is 2.94. The Kier molecular flexibility index (Phi) is 3.14. The summed E-state index contributed by atoms with van der Waals surface area (Å²) in [7, 11) is 0. The summed E-state index contributed by atoms with van der Waals surface area (Å²) >= 11 is 0. The van der Waals surface area contributed by atoms with Crippen molar-refractivity contribution >= 4 is 0 Å². The molecule has 1 unspecified atom stereocenters. The molecule has 1 aromatic rings. The van der Waals surface area contributed by atoms with Crippen molar-refractivity contribution in [2.24, 2.45) is 0 Å². The van der Waals surface area contributed by atoms with Gasteiger partial charge in [0, 0.05) is 12.5 Å². The molecule has 1 N–H and O–H groups in total. The maximum absolute atomic E-state index is 4.09. The Balaban J connectivity index is 2.11. The van der Waals surface area contributed by atoms with E-state index in [-0.39, 0.29) is 0 Å². The van der Waals surface area contributed by atoms with Gasteiger partial charge in [0.2, 0.25) is 0 Å². The highest BCUT2D eigenvalue weighted by atomic mass is 15.4. The number of aromatic nitrogens is 3. The van der Waals surface area contributed by atoms with Gasteiger partial charge in [0.1, 0.15) is 0 Å². The predicted molar refractivity (Wildman–Crippen MR) is 55.2 cm³/mol. The highest BCUT2D eigenvalue weighted by molar-refractivity contribution is 5.04. The van der Waals surface area contributed by atoms with Gasteiger partial charge in [-0.15, -0.1) is 5.10 Å². The molecular weight excluding hydrogens is 176 g/mol. The first kappa shape index (κ1) is 9.65. The van der Waals surface area contributed by atoms with Crippen LogP contribution in [0.15, 0.2) is 6.20 Å². The van der Waals surface area contributed by atoms with Crippen LogP contribution in [0.5, 0.6) is 0 Å². The first-order chi connectivity index (χ1) is 6.92. The molecule has 0 saturated carbocycles. The van der Waals surface area contributed by atoms with Crippen molar-refractivity contribution in [3.63, 3.8) is 0 Å². The van der Waals surface area contributed by atoms with Gasteiger partial charge in [0.05, 0.1) is 11.9 Å². The summed E-state index contributed by atoms with van der Waals surface area (Å²) in [6, 6.07) is 0. The van der Waals surface area contributed by atoms with Crippen molar-refractivity contribution < 1.29 is 0 Å². The van der Waals surface area contributed by atoms with Crippen LogP contribution in [0.25, 0.3) is 0 Å². The van der Waals surface area contributed by atoms with E-state index in [1.165, 1.54) is 25.0 Å². The average Bonchev–Trinajstić information content (AvgIpc) is 2.52. The summed E-state index contributed by atoms with van der Waals surface area (Å²) < 4.78 is 2.02. The number of hydrogen-bond donors (Lipinski definition) is 1. The van der Waals surface area contributed by atoms with Gasteiger partial charge in [-0.25, -0.2) is 4.68 Å². The van der Waals surface area contributed by atoms with Gasteiger partial charge in [-0.05, 0) is 39.3 Å². The molecule has 0 radical (unpaired) electrons. The van der Waals surface area contributed by atoms with Gasteiger partial charge in [-0.3, -0.25) is 0 Å². The van der Waals surface area contributed by atoms with Crippen molar-refractivity contribution in [3.8, 4) is 0 Å². The molecule has 0 amide bonds. The summed E-state index contributed by atoms with van der Waals surface area (Å²) in [5, 5.41) is 11.5. The zero-order chi connectivity index (χ0) is 9.80. The Hall–Kier alpha value is -0.900. The molecule has 0 aliphatic carbocycles. The summed E-state index contributed by atoms with van der Waals surface area (Å²) in [5.41, 5.74) is 1.32. The van der Waals surface area contributed by atoms with E-state index in [0.717, 1.165) is 19.6 Å². The van der Waals surface area contributed by atoms with Gasteiger partial charge in [0.25, 0.3) is 0 Å². The van der Waals surface area contributed by atoms with Crippen LogP contribution in [0.1, 0.15) is 37.8 Å². The van der Waals surface area contributed by atoms with Gasteiger partial charge in [0.15, 0.2) is 0 Å². The Labute approximate surface area is 84.7 Å². The van der Waals surface area contributed by atoms with Crippen LogP contribution < -0.4 is 5.32 Å². The molecule has 1 atom stereocenters. The monoisotopic (exact) mass is 194 g/mol. The van der Waals surface area contributed by atoms with E-state index in [0.29, 0.717) is 5.92 Å². The molecule has 14 heavy (non-hydrogen) atoms. The highest BCUT2D eigenvalue weighted by Crippen LogP contribution is 2.24. The van der Waals surface area contributed by atoms with E-state index in [4.69, 9.17) is 0 Å². The molecule has 2 heterocycles. The summed E-state index contributed by atoms with van der Waals surface area (Å²) in [4.78, 5) is 0. The van der Waals surface area contributed by atoms with Crippen LogP contribution in [0.4, 0.5) is 0 Å².